The topological polar surface area (TPSA) is 32.3 Å². The predicted octanol–water partition coefficient (Wildman–Crippen LogP) is 3.07. The number of hydrogen-bond acceptors (Lipinski definition) is 4. The number of anilines is 1. The molecule has 1 aromatic heterocycles. The molecule has 0 radical (unpaired) electrons. The van der Waals surface area contributed by atoms with Gasteiger partial charge in [0.25, 0.3) is 0 Å². The number of para-hydroxylation sites is 1. The summed E-state index contributed by atoms with van der Waals surface area (Å²) in [6.07, 6.45) is 5.58. The normalized spacial score (nSPS) is 23.3. The minimum atomic E-state index is 0.699. The Kier molecular flexibility index (Phi) is 3.55. The molecule has 0 unspecified atom stereocenters. The highest BCUT2D eigenvalue weighted by atomic mass is 79.9. The summed E-state index contributed by atoms with van der Waals surface area (Å²) in [5, 5.41) is 1.15. The minimum absolute atomic E-state index is 0.699. The average Bonchev–Trinajstić information content (AvgIpc) is 2.84. The monoisotopic (exact) mass is 346 g/mol. The smallest absolute Gasteiger partial charge is 0.139 e. The second-order valence-corrected chi connectivity index (χ2v) is 6.82. The molecule has 0 N–H and O–H groups in total. The van der Waals surface area contributed by atoms with Crippen LogP contribution in [0.15, 0.2) is 29.0 Å². The molecule has 2 aliphatic heterocycles. The molecule has 5 heteroatoms. The van der Waals surface area contributed by atoms with E-state index in [9.17, 15) is 0 Å². The third kappa shape index (κ3) is 2.42. The number of benzene rings is 1. The van der Waals surface area contributed by atoms with E-state index in [1.165, 1.54) is 32.4 Å². The largest absolute Gasteiger partial charge is 0.354 e. The Morgan fingerprint density at radius 3 is 2.95 bits per heavy atom. The Bertz CT molecular complexity index is 660. The van der Waals surface area contributed by atoms with E-state index in [4.69, 9.17) is 0 Å². The molecule has 3 heterocycles. The summed E-state index contributed by atoms with van der Waals surface area (Å²) in [5.41, 5.74) is 1.01. The predicted molar refractivity (Wildman–Crippen MR) is 88.7 cm³/mol. The zero-order chi connectivity index (χ0) is 14.2. The third-order valence-corrected chi connectivity index (χ3v) is 5.34. The second kappa shape index (κ2) is 5.54. The summed E-state index contributed by atoms with van der Waals surface area (Å²) in [6.45, 7) is 4.69. The van der Waals surface area contributed by atoms with Gasteiger partial charge in [0, 0.05) is 35.5 Å². The number of halogens is 1. The summed E-state index contributed by atoms with van der Waals surface area (Å²) in [5.74, 6) is 1.09. The summed E-state index contributed by atoms with van der Waals surface area (Å²) < 4.78 is 1.04. The average molecular weight is 347 g/mol. The first-order valence-corrected chi connectivity index (χ1v) is 8.50. The fraction of sp³-hybridized carbons (Fsp3) is 0.500. The zero-order valence-corrected chi connectivity index (χ0v) is 13.6. The van der Waals surface area contributed by atoms with Crippen LogP contribution in [0, 0.1) is 0 Å². The highest BCUT2D eigenvalue weighted by Gasteiger charge is 2.29. The highest BCUT2D eigenvalue weighted by molar-refractivity contribution is 9.10. The molecule has 0 saturated carbocycles. The van der Waals surface area contributed by atoms with Crippen molar-refractivity contribution in [2.45, 2.75) is 25.3 Å². The van der Waals surface area contributed by atoms with E-state index in [0.29, 0.717) is 6.04 Å². The summed E-state index contributed by atoms with van der Waals surface area (Å²) in [6, 6.07) is 6.94. The Labute approximate surface area is 133 Å². The summed E-state index contributed by atoms with van der Waals surface area (Å²) >= 11 is 3.60. The molecule has 1 atom stereocenters. The van der Waals surface area contributed by atoms with Crippen molar-refractivity contribution >= 4 is 32.7 Å². The van der Waals surface area contributed by atoms with E-state index < -0.39 is 0 Å². The van der Waals surface area contributed by atoms with Gasteiger partial charge < -0.3 is 4.90 Å². The molecule has 2 aliphatic rings. The maximum Gasteiger partial charge on any atom is 0.139 e. The zero-order valence-electron chi connectivity index (χ0n) is 12.0. The van der Waals surface area contributed by atoms with Crippen molar-refractivity contribution in [3.8, 4) is 0 Å². The van der Waals surface area contributed by atoms with Crippen LogP contribution >= 0.6 is 15.9 Å². The summed E-state index contributed by atoms with van der Waals surface area (Å²) in [4.78, 5) is 14.2. The molecule has 2 fully saturated rings. The van der Waals surface area contributed by atoms with Gasteiger partial charge in [-0.05, 0) is 53.9 Å². The van der Waals surface area contributed by atoms with Crippen LogP contribution < -0.4 is 4.90 Å². The molecule has 0 bridgehead atoms. The fourth-order valence-electron chi connectivity index (χ4n) is 3.69. The third-order valence-electron chi connectivity index (χ3n) is 4.70. The molecule has 0 amide bonds. The molecule has 1 aromatic carbocycles. The Balaban J connectivity index is 1.74. The number of nitrogens with zero attached hydrogens (tertiary/aromatic N) is 4. The van der Waals surface area contributed by atoms with Crippen molar-refractivity contribution < 1.29 is 0 Å². The van der Waals surface area contributed by atoms with Crippen molar-refractivity contribution in [1.29, 1.82) is 0 Å². The van der Waals surface area contributed by atoms with Crippen LogP contribution in [0.1, 0.15) is 19.3 Å². The van der Waals surface area contributed by atoms with Crippen LogP contribution in [0.2, 0.25) is 0 Å². The van der Waals surface area contributed by atoms with Crippen LogP contribution in [0.4, 0.5) is 5.82 Å². The lowest BCUT2D eigenvalue weighted by Gasteiger charge is -2.27. The van der Waals surface area contributed by atoms with E-state index in [1.54, 1.807) is 6.33 Å². The molecule has 0 aliphatic carbocycles. The number of rotatable bonds is 1. The van der Waals surface area contributed by atoms with Gasteiger partial charge in [-0.15, -0.1) is 0 Å². The Morgan fingerprint density at radius 2 is 2.00 bits per heavy atom. The lowest BCUT2D eigenvalue weighted by Crippen LogP contribution is -2.37. The van der Waals surface area contributed by atoms with Gasteiger partial charge in [-0.1, -0.05) is 6.07 Å². The van der Waals surface area contributed by atoms with Crippen LogP contribution in [0.25, 0.3) is 10.9 Å². The molecule has 4 rings (SSSR count). The van der Waals surface area contributed by atoms with Gasteiger partial charge >= 0.3 is 0 Å². The van der Waals surface area contributed by atoms with Gasteiger partial charge in [-0.2, -0.15) is 0 Å². The van der Waals surface area contributed by atoms with Crippen molar-refractivity contribution in [3.05, 3.63) is 29.0 Å². The Morgan fingerprint density at radius 1 is 1.10 bits per heavy atom. The van der Waals surface area contributed by atoms with Crippen LogP contribution in [-0.2, 0) is 0 Å². The van der Waals surface area contributed by atoms with Gasteiger partial charge in [-0.3, -0.25) is 4.90 Å². The molecular weight excluding hydrogens is 328 g/mol. The van der Waals surface area contributed by atoms with Crippen LogP contribution in [0.3, 0.4) is 0 Å². The van der Waals surface area contributed by atoms with Gasteiger partial charge in [0.05, 0.1) is 5.52 Å². The lowest BCUT2D eigenvalue weighted by molar-refractivity contribution is 0.273. The maximum atomic E-state index is 4.60. The lowest BCUT2D eigenvalue weighted by atomic mass is 10.2. The van der Waals surface area contributed by atoms with Crippen LogP contribution in [0.5, 0.6) is 0 Å². The van der Waals surface area contributed by atoms with E-state index in [1.807, 2.05) is 6.07 Å². The first kappa shape index (κ1) is 13.5. The molecule has 4 nitrogen and oxygen atoms in total. The Hall–Kier alpha value is -1.20. The summed E-state index contributed by atoms with van der Waals surface area (Å²) in [7, 11) is 0. The van der Waals surface area contributed by atoms with Crippen molar-refractivity contribution in [2.24, 2.45) is 0 Å². The molecule has 2 saturated heterocycles. The quantitative estimate of drug-likeness (QED) is 0.794. The number of fused-ring (bicyclic) bond motifs is 2. The van der Waals surface area contributed by atoms with Gasteiger partial charge in [0.2, 0.25) is 0 Å². The van der Waals surface area contributed by atoms with Crippen LogP contribution in [-0.4, -0.2) is 47.1 Å². The highest BCUT2D eigenvalue weighted by Crippen LogP contribution is 2.30. The van der Waals surface area contributed by atoms with Gasteiger partial charge in [0.15, 0.2) is 0 Å². The van der Waals surface area contributed by atoms with Crippen molar-refractivity contribution in [1.82, 2.24) is 14.9 Å². The molecule has 110 valence electrons. The first-order valence-electron chi connectivity index (χ1n) is 7.71. The van der Waals surface area contributed by atoms with E-state index in [-0.39, 0.29) is 0 Å². The van der Waals surface area contributed by atoms with E-state index >= 15 is 0 Å². The molecule has 21 heavy (non-hydrogen) atoms. The minimum Gasteiger partial charge on any atom is -0.354 e. The van der Waals surface area contributed by atoms with Gasteiger partial charge in [-0.25, -0.2) is 9.97 Å². The SMILES string of the molecule is Brc1cccc2c(N3CCCN4CCC[C@H]4C3)ncnc12. The first-order chi connectivity index (χ1) is 10.3. The van der Waals surface area contributed by atoms with E-state index in [0.717, 1.165) is 34.3 Å². The standard InChI is InChI=1S/C16H19BrN4/c17-14-6-1-5-13-15(14)18-11-19-16(13)21-9-3-8-20-7-2-4-12(20)10-21/h1,5-6,11-12H,2-4,7-10H2/t12-/m0/s1. The van der Waals surface area contributed by atoms with Crippen molar-refractivity contribution in [2.75, 3.05) is 31.1 Å². The van der Waals surface area contributed by atoms with Crippen molar-refractivity contribution in [3.63, 3.8) is 0 Å². The fourth-order valence-corrected chi connectivity index (χ4v) is 4.16. The van der Waals surface area contributed by atoms with E-state index in [2.05, 4.69) is 47.8 Å². The molecule has 0 spiro atoms. The number of hydrogen-bond donors (Lipinski definition) is 0. The molecule has 2 aromatic rings. The maximum absolute atomic E-state index is 4.60. The second-order valence-electron chi connectivity index (χ2n) is 5.96. The van der Waals surface area contributed by atoms with Gasteiger partial charge in [0.1, 0.15) is 12.1 Å². The number of aromatic nitrogens is 2. The molecular formula is C16H19BrN4.